The van der Waals surface area contributed by atoms with E-state index in [9.17, 15) is 27.6 Å². The summed E-state index contributed by atoms with van der Waals surface area (Å²) in [5.74, 6) is -1.67. The molecule has 10 nitrogen and oxygen atoms in total. The van der Waals surface area contributed by atoms with E-state index < -0.39 is 30.3 Å². The van der Waals surface area contributed by atoms with E-state index in [4.69, 9.17) is 17.2 Å². The lowest BCUT2D eigenvalue weighted by molar-refractivity contribution is -0.274. The number of benzene rings is 2. The Kier molecular flexibility index (Phi) is 13.4. The van der Waals surface area contributed by atoms with Gasteiger partial charge in [-0.2, -0.15) is 0 Å². The van der Waals surface area contributed by atoms with Crippen molar-refractivity contribution < 1.29 is 32.3 Å². The molecule has 0 bridgehead atoms. The second-order valence-corrected chi connectivity index (χ2v) is 9.10. The molecule has 0 aromatic heterocycles. The number of amides is 3. The largest absolute Gasteiger partial charge is 0.573 e. The topological polar surface area (TPSA) is 166 Å². The van der Waals surface area contributed by atoms with E-state index in [2.05, 4.69) is 15.4 Å². The standard InChI is InChI=1S/C27H37F3N6O4/c28-27(29,30)40-21-9-6-20(7-10-21)18-34-26(39)23(12-8-19-4-2-1-3-5-19)35-25(38)22(33)11-13-24(37)36(16-14-31)17-15-32/h1-7,9-10,22-23H,8,11-18,31-33H2,(H,34,39)(H,35,38)/t22-,23-/m0/s1. The van der Waals surface area contributed by atoms with E-state index in [-0.39, 0.29) is 50.6 Å². The predicted octanol–water partition coefficient (Wildman–Crippen LogP) is 1.17. The monoisotopic (exact) mass is 566 g/mol. The minimum atomic E-state index is -4.80. The maximum Gasteiger partial charge on any atom is 0.573 e. The molecule has 0 saturated heterocycles. The van der Waals surface area contributed by atoms with Crippen molar-refractivity contribution >= 4 is 17.7 Å². The molecule has 0 aliphatic rings. The van der Waals surface area contributed by atoms with Gasteiger partial charge in [0, 0.05) is 39.1 Å². The highest BCUT2D eigenvalue weighted by atomic mass is 19.4. The van der Waals surface area contributed by atoms with Crippen molar-refractivity contribution in [2.45, 2.75) is 50.7 Å². The van der Waals surface area contributed by atoms with E-state index in [1.165, 1.54) is 17.0 Å². The molecular weight excluding hydrogens is 529 g/mol. The zero-order chi connectivity index (χ0) is 29.5. The smallest absolute Gasteiger partial charge is 0.406 e. The van der Waals surface area contributed by atoms with Crippen molar-refractivity contribution in [3.8, 4) is 5.75 Å². The lowest BCUT2D eigenvalue weighted by Crippen LogP contribution is -2.52. The quantitative estimate of drug-likeness (QED) is 0.203. The van der Waals surface area contributed by atoms with Crippen LogP contribution in [-0.4, -0.2) is 67.2 Å². The maximum atomic E-state index is 13.0. The van der Waals surface area contributed by atoms with Gasteiger partial charge >= 0.3 is 6.36 Å². The highest BCUT2D eigenvalue weighted by Gasteiger charge is 2.31. The van der Waals surface area contributed by atoms with Gasteiger partial charge in [-0.15, -0.1) is 13.2 Å². The Morgan fingerprint density at radius 2 is 1.50 bits per heavy atom. The third-order valence-corrected chi connectivity index (χ3v) is 5.98. The van der Waals surface area contributed by atoms with Crippen LogP contribution in [0.2, 0.25) is 0 Å². The summed E-state index contributed by atoms with van der Waals surface area (Å²) < 4.78 is 41.0. The summed E-state index contributed by atoms with van der Waals surface area (Å²) in [5.41, 5.74) is 18.6. The Morgan fingerprint density at radius 1 is 0.875 bits per heavy atom. The van der Waals surface area contributed by atoms with Crippen molar-refractivity contribution in [2.75, 3.05) is 26.2 Å². The van der Waals surface area contributed by atoms with Crippen molar-refractivity contribution in [3.63, 3.8) is 0 Å². The van der Waals surface area contributed by atoms with Gasteiger partial charge in [0.05, 0.1) is 6.04 Å². The van der Waals surface area contributed by atoms with Crippen molar-refractivity contribution in [1.82, 2.24) is 15.5 Å². The van der Waals surface area contributed by atoms with E-state index in [0.29, 0.717) is 25.1 Å². The van der Waals surface area contributed by atoms with Gasteiger partial charge < -0.3 is 37.5 Å². The number of ether oxygens (including phenoxy) is 1. The van der Waals surface area contributed by atoms with Crippen LogP contribution in [0.15, 0.2) is 54.6 Å². The Morgan fingerprint density at radius 3 is 2.08 bits per heavy atom. The van der Waals surface area contributed by atoms with E-state index in [1.54, 1.807) is 0 Å². The number of hydrogen-bond acceptors (Lipinski definition) is 7. The second-order valence-electron chi connectivity index (χ2n) is 9.10. The second kappa shape index (κ2) is 16.4. The van der Waals surface area contributed by atoms with Crippen LogP contribution in [0.25, 0.3) is 0 Å². The fourth-order valence-corrected chi connectivity index (χ4v) is 3.87. The molecule has 0 heterocycles. The first-order valence-electron chi connectivity index (χ1n) is 12.9. The molecule has 8 N–H and O–H groups in total. The van der Waals surface area contributed by atoms with Gasteiger partial charge in [-0.1, -0.05) is 42.5 Å². The normalized spacial score (nSPS) is 12.8. The predicted molar refractivity (Wildman–Crippen MR) is 144 cm³/mol. The molecule has 220 valence electrons. The van der Waals surface area contributed by atoms with Crippen molar-refractivity contribution in [2.24, 2.45) is 17.2 Å². The van der Waals surface area contributed by atoms with Crippen LogP contribution in [0.4, 0.5) is 13.2 Å². The molecular formula is C27H37F3N6O4. The molecule has 0 aliphatic carbocycles. The summed E-state index contributed by atoms with van der Waals surface area (Å²) >= 11 is 0. The Bertz CT molecular complexity index is 1060. The van der Waals surface area contributed by atoms with Gasteiger partial charge in [0.2, 0.25) is 17.7 Å². The molecule has 2 aromatic carbocycles. The molecule has 0 saturated carbocycles. The molecule has 2 rings (SSSR count). The van der Waals surface area contributed by atoms with E-state index in [1.807, 2.05) is 30.3 Å². The summed E-state index contributed by atoms with van der Waals surface area (Å²) in [5, 5.41) is 5.37. The first kappa shape index (κ1) is 32.5. The van der Waals surface area contributed by atoms with Gasteiger partial charge in [-0.25, -0.2) is 0 Å². The molecule has 13 heteroatoms. The summed E-state index contributed by atoms with van der Waals surface area (Å²) in [4.78, 5) is 39.8. The average Bonchev–Trinajstić information content (AvgIpc) is 2.92. The van der Waals surface area contributed by atoms with Crippen molar-refractivity contribution in [3.05, 3.63) is 65.7 Å². The van der Waals surface area contributed by atoms with Crippen LogP contribution in [0.3, 0.4) is 0 Å². The molecule has 2 atom stereocenters. The highest BCUT2D eigenvalue weighted by molar-refractivity contribution is 5.90. The minimum absolute atomic E-state index is 0.0154. The van der Waals surface area contributed by atoms with Gasteiger partial charge in [-0.3, -0.25) is 14.4 Å². The number of hydrogen-bond donors (Lipinski definition) is 5. The number of nitrogens with zero attached hydrogens (tertiary/aromatic N) is 1. The summed E-state index contributed by atoms with van der Waals surface area (Å²) in [6.07, 6.45) is -3.96. The number of carbonyl (C=O) groups excluding carboxylic acids is 3. The Labute approximate surface area is 231 Å². The minimum Gasteiger partial charge on any atom is -0.406 e. The first-order chi connectivity index (χ1) is 19.0. The van der Waals surface area contributed by atoms with Crippen LogP contribution >= 0.6 is 0 Å². The Hall–Kier alpha value is -3.68. The molecule has 3 amide bonds. The maximum absolute atomic E-state index is 13.0. The zero-order valence-corrected chi connectivity index (χ0v) is 22.2. The van der Waals surface area contributed by atoms with Gasteiger partial charge in [0.15, 0.2) is 0 Å². The lowest BCUT2D eigenvalue weighted by Gasteiger charge is -2.23. The van der Waals surface area contributed by atoms with Crippen LogP contribution in [-0.2, 0) is 27.3 Å². The van der Waals surface area contributed by atoms with Gasteiger partial charge in [0.1, 0.15) is 11.8 Å². The molecule has 0 radical (unpaired) electrons. The highest BCUT2D eigenvalue weighted by Crippen LogP contribution is 2.22. The third kappa shape index (κ3) is 12.0. The molecule has 0 aliphatic heterocycles. The van der Waals surface area contributed by atoms with Crippen LogP contribution in [0.1, 0.15) is 30.4 Å². The number of rotatable bonds is 16. The number of carbonyl (C=O) groups is 3. The number of halogens is 3. The van der Waals surface area contributed by atoms with E-state index in [0.717, 1.165) is 17.7 Å². The van der Waals surface area contributed by atoms with Gasteiger partial charge in [0.25, 0.3) is 0 Å². The number of nitrogens with two attached hydrogens (primary N) is 3. The molecule has 0 fully saturated rings. The average molecular weight is 567 g/mol. The summed E-state index contributed by atoms with van der Waals surface area (Å²) in [6, 6.07) is 12.5. The molecule has 40 heavy (non-hydrogen) atoms. The number of aryl methyl sites for hydroxylation is 1. The number of nitrogens with one attached hydrogen (secondary N) is 2. The summed E-state index contributed by atoms with van der Waals surface area (Å²) in [7, 11) is 0. The summed E-state index contributed by atoms with van der Waals surface area (Å²) in [6.45, 7) is 1.26. The zero-order valence-electron chi connectivity index (χ0n) is 22.2. The Balaban J connectivity index is 1.99. The van der Waals surface area contributed by atoms with Crippen LogP contribution in [0, 0.1) is 0 Å². The SMILES string of the molecule is NCCN(CCN)C(=O)CC[C@H](N)C(=O)N[C@@H](CCc1ccccc1)C(=O)NCc1ccc(OC(F)(F)F)cc1. The van der Waals surface area contributed by atoms with E-state index >= 15 is 0 Å². The molecule has 2 aromatic rings. The van der Waals surface area contributed by atoms with Crippen LogP contribution < -0.4 is 32.6 Å². The number of alkyl halides is 3. The first-order valence-corrected chi connectivity index (χ1v) is 12.9. The lowest BCUT2D eigenvalue weighted by atomic mass is 10.0. The molecule has 0 unspecified atom stereocenters. The van der Waals surface area contributed by atoms with Crippen LogP contribution in [0.5, 0.6) is 5.75 Å². The molecule has 0 spiro atoms. The fraction of sp³-hybridized carbons (Fsp3) is 0.444. The van der Waals surface area contributed by atoms with Gasteiger partial charge in [-0.05, 0) is 42.5 Å². The van der Waals surface area contributed by atoms with Crippen molar-refractivity contribution in [1.29, 1.82) is 0 Å². The fourth-order valence-electron chi connectivity index (χ4n) is 3.87. The third-order valence-electron chi connectivity index (χ3n) is 5.98.